The first-order valence-corrected chi connectivity index (χ1v) is 8.38. The van der Waals surface area contributed by atoms with Crippen LogP contribution in [0.15, 0.2) is 12.1 Å². The van der Waals surface area contributed by atoms with E-state index in [2.05, 4.69) is 44.0 Å². The largest absolute Gasteiger partial charge is 0.357 e. The van der Waals surface area contributed by atoms with Crippen molar-refractivity contribution in [2.24, 2.45) is 5.92 Å². The molecule has 2 heterocycles. The van der Waals surface area contributed by atoms with Crippen LogP contribution in [-0.2, 0) is 6.54 Å². The second kappa shape index (κ2) is 6.97. The fourth-order valence-corrected chi connectivity index (χ4v) is 2.79. The van der Waals surface area contributed by atoms with E-state index in [4.69, 9.17) is 16.6 Å². The van der Waals surface area contributed by atoms with Gasteiger partial charge in [-0.2, -0.15) is 0 Å². The first-order valence-electron chi connectivity index (χ1n) is 8.00. The van der Waals surface area contributed by atoms with Gasteiger partial charge in [-0.05, 0) is 58.1 Å². The van der Waals surface area contributed by atoms with Gasteiger partial charge in [0.05, 0.1) is 10.7 Å². The third-order valence-electron chi connectivity index (χ3n) is 4.03. The van der Waals surface area contributed by atoms with Crippen LogP contribution in [0.1, 0.15) is 52.7 Å². The Kier molecular flexibility index (Phi) is 5.50. The molecule has 0 aromatic carbocycles. The summed E-state index contributed by atoms with van der Waals surface area (Å²) in [5.74, 6) is 1.89. The smallest absolute Gasteiger partial charge is 0.128 e. The number of pyridine rings is 1. The lowest BCUT2D eigenvalue weighted by Crippen LogP contribution is -2.35. The van der Waals surface area contributed by atoms with E-state index in [1.165, 1.54) is 19.3 Å². The first kappa shape index (κ1) is 16.6. The molecule has 1 fully saturated rings. The topological polar surface area (TPSA) is 28.2 Å². The third kappa shape index (κ3) is 5.15. The van der Waals surface area contributed by atoms with Gasteiger partial charge >= 0.3 is 0 Å². The fraction of sp³-hybridized carbons (Fsp3) is 0.706. The first-order chi connectivity index (χ1) is 9.85. The molecule has 1 unspecified atom stereocenters. The van der Waals surface area contributed by atoms with Crippen molar-refractivity contribution in [3.8, 4) is 0 Å². The Bertz CT molecular complexity index is 468. The van der Waals surface area contributed by atoms with E-state index in [0.717, 1.165) is 35.5 Å². The van der Waals surface area contributed by atoms with E-state index in [1.54, 1.807) is 0 Å². The lowest BCUT2D eigenvalue weighted by molar-refractivity contribution is 0.421. The standard InChI is InChI=1S/C17H28ClN3/c1-13-6-5-10-21(11-9-13)16-8-7-14(18)15(20-16)12-19-17(2,3)4/h7-8,13,19H,5-6,9-12H2,1-4H3. The Labute approximate surface area is 134 Å². The van der Waals surface area contributed by atoms with Gasteiger partial charge in [0.15, 0.2) is 0 Å². The molecule has 118 valence electrons. The van der Waals surface area contributed by atoms with Gasteiger partial charge in [-0.1, -0.05) is 18.5 Å². The summed E-state index contributed by atoms with van der Waals surface area (Å²) in [7, 11) is 0. The minimum absolute atomic E-state index is 0.0685. The van der Waals surface area contributed by atoms with Crippen molar-refractivity contribution in [1.82, 2.24) is 10.3 Å². The number of aromatic nitrogens is 1. The summed E-state index contributed by atoms with van der Waals surface area (Å²) in [5.41, 5.74) is 1.01. The maximum absolute atomic E-state index is 6.30. The molecule has 0 spiro atoms. The monoisotopic (exact) mass is 309 g/mol. The SMILES string of the molecule is CC1CCCN(c2ccc(Cl)c(CNC(C)(C)C)n2)CC1. The zero-order chi connectivity index (χ0) is 15.5. The highest BCUT2D eigenvalue weighted by Gasteiger charge is 2.17. The van der Waals surface area contributed by atoms with Crippen molar-refractivity contribution < 1.29 is 0 Å². The molecule has 1 saturated heterocycles. The second-order valence-electron chi connectivity index (χ2n) is 7.22. The third-order valence-corrected chi connectivity index (χ3v) is 4.37. The molecule has 1 N–H and O–H groups in total. The highest BCUT2D eigenvalue weighted by molar-refractivity contribution is 6.31. The number of rotatable bonds is 3. The lowest BCUT2D eigenvalue weighted by Gasteiger charge is -2.24. The number of anilines is 1. The Hall–Kier alpha value is -0.800. The highest BCUT2D eigenvalue weighted by Crippen LogP contribution is 2.24. The number of nitrogens with one attached hydrogen (secondary N) is 1. The molecule has 1 aliphatic rings. The molecule has 1 aromatic heterocycles. The van der Waals surface area contributed by atoms with E-state index in [0.29, 0.717) is 6.54 Å². The van der Waals surface area contributed by atoms with Gasteiger partial charge in [-0.15, -0.1) is 0 Å². The zero-order valence-corrected chi connectivity index (χ0v) is 14.5. The van der Waals surface area contributed by atoms with Crippen molar-refractivity contribution >= 4 is 17.4 Å². The normalized spacial score (nSPS) is 20.4. The maximum Gasteiger partial charge on any atom is 0.128 e. The summed E-state index contributed by atoms with van der Waals surface area (Å²) >= 11 is 6.30. The summed E-state index contributed by atoms with van der Waals surface area (Å²) in [6.45, 7) is 11.7. The van der Waals surface area contributed by atoms with Crippen LogP contribution in [0.2, 0.25) is 5.02 Å². The minimum Gasteiger partial charge on any atom is -0.357 e. The summed E-state index contributed by atoms with van der Waals surface area (Å²) in [6.07, 6.45) is 3.82. The number of halogens is 1. The molecule has 0 bridgehead atoms. The van der Waals surface area contributed by atoms with Crippen molar-refractivity contribution in [2.75, 3.05) is 18.0 Å². The van der Waals surface area contributed by atoms with Gasteiger partial charge < -0.3 is 10.2 Å². The maximum atomic E-state index is 6.30. The average molecular weight is 310 g/mol. The fourth-order valence-electron chi connectivity index (χ4n) is 2.61. The molecule has 4 heteroatoms. The van der Waals surface area contributed by atoms with Crippen LogP contribution >= 0.6 is 11.6 Å². The van der Waals surface area contributed by atoms with Crippen LogP contribution in [0, 0.1) is 5.92 Å². The predicted molar refractivity (Wildman–Crippen MR) is 91.1 cm³/mol. The summed E-state index contributed by atoms with van der Waals surface area (Å²) < 4.78 is 0. The highest BCUT2D eigenvalue weighted by atomic mass is 35.5. The molecule has 1 aromatic rings. The molecule has 0 radical (unpaired) electrons. The van der Waals surface area contributed by atoms with Crippen LogP contribution in [0.25, 0.3) is 0 Å². The summed E-state index contributed by atoms with van der Waals surface area (Å²) in [4.78, 5) is 7.20. The molecule has 21 heavy (non-hydrogen) atoms. The van der Waals surface area contributed by atoms with Crippen molar-refractivity contribution in [3.05, 3.63) is 22.8 Å². The Balaban J connectivity index is 2.10. The van der Waals surface area contributed by atoms with Crippen LogP contribution in [0.3, 0.4) is 0 Å². The molecular weight excluding hydrogens is 282 g/mol. The van der Waals surface area contributed by atoms with Crippen LogP contribution in [-0.4, -0.2) is 23.6 Å². The minimum atomic E-state index is 0.0685. The van der Waals surface area contributed by atoms with Crippen molar-refractivity contribution in [3.63, 3.8) is 0 Å². The molecule has 1 aliphatic heterocycles. The van der Waals surface area contributed by atoms with E-state index >= 15 is 0 Å². The van der Waals surface area contributed by atoms with Gasteiger partial charge in [-0.25, -0.2) is 4.98 Å². The lowest BCUT2D eigenvalue weighted by atomic mass is 10.0. The molecule has 0 aliphatic carbocycles. The second-order valence-corrected chi connectivity index (χ2v) is 7.63. The van der Waals surface area contributed by atoms with E-state index < -0.39 is 0 Å². The van der Waals surface area contributed by atoms with E-state index in [9.17, 15) is 0 Å². The number of hydrogen-bond donors (Lipinski definition) is 1. The summed E-state index contributed by atoms with van der Waals surface area (Å²) in [6, 6.07) is 4.04. The molecule has 1 atom stereocenters. The van der Waals surface area contributed by atoms with Crippen LogP contribution in [0.4, 0.5) is 5.82 Å². The Morgan fingerprint density at radius 2 is 2.05 bits per heavy atom. The van der Waals surface area contributed by atoms with Gasteiger partial charge in [-0.3, -0.25) is 0 Å². The van der Waals surface area contributed by atoms with Gasteiger partial charge in [0.2, 0.25) is 0 Å². The number of hydrogen-bond acceptors (Lipinski definition) is 3. The molecule has 0 saturated carbocycles. The summed E-state index contributed by atoms with van der Waals surface area (Å²) in [5, 5.41) is 4.21. The van der Waals surface area contributed by atoms with E-state index in [1.807, 2.05) is 6.07 Å². The Morgan fingerprint density at radius 1 is 1.29 bits per heavy atom. The zero-order valence-electron chi connectivity index (χ0n) is 13.7. The predicted octanol–water partition coefficient (Wildman–Crippen LogP) is 4.25. The van der Waals surface area contributed by atoms with E-state index in [-0.39, 0.29) is 5.54 Å². The Morgan fingerprint density at radius 3 is 2.76 bits per heavy atom. The molecular formula is C17H28ClN3. The van der Waals surface area contributed by atoms with Gasteiger partial charge in [0.25, 0.3) is 0 Å². The van der Waals surface area contributed by atoms with Crippen LogP contribution < -0.4 is 10.2 Å². The molecule has 3 nitrogen and oxygen atoms in total. The van der Waals surface area contributed by atoms with Gasteiger partial charge in [0.1, 0.15) is 5.82 Å². The molecule has 2 rings (SSSR count). The van der Waals surface area contributed by atoms with Crippen LogP contribution in [0.5, 0.6) is 0 Å². The van der Waals surface area contributed by atoms with Gasteiger partial charge in [0, 0.05) is 25.2 Å². The average Bonchev–Trinajstić information content (AvgIpc) is 2.62. The molecule has 0 amide bonds. The van der Waals surface area contributed by atoms with Crippen molar-refractivity contribution in [1.29, 1.82) is 0 Å². The number of nitrogens with zero attached hydrogens (tertiary/aromatic N) is 2. The quantitative estimate of drug-likeness (QED) is 0.904. The van der Waals surface area contributed by atoms with Crippen molar-refractivity contribution in [2.45, 2.75) is 59.0 Å².